The Morgan fingerprint density at radius 1 is 1.42 bits per heavy atom. The zero-order chi connectivity index (χ0) is 13.4. The molecular weight excluding hydrogens is 332 g/mol. The van der Waals surface area contributed by atoms with E-state index in [4.69, 9.17) is 16.1 Å². The Balaban J connectivity index is 2.10. The molecule has 0 amide bonds. The van der Waals surface area contributed by atoms with Crippen LogP contribution in [0.2, 0.25) is 0 Å². The van der Waals surface area contributed by atoms with Gasteiger partial charge >= 0.3 is 0 Å². The molecule has 0 atom stereocenters. The third kappa shape index (κ3) is 2.37. The van der Waals surface area contributed by atoms with Gasteiger partial charge in [-0.15, -0.1) is 11.6 Å². The molecule has 0 aliphatic rings. The maximum Gasteiger partial charge on any atom is 0.160 e. The van der Waals surface area contributed by atoms with Gasteiger partial charge in [-0.1, -0.05) is 5.16 Å². The van der Waals surface area contributed by atoms with E-state index in [9.17, 15) is 0 Å². The van der Waals surface area contributed by atoms with E-state index in [0.29, 0.717) is 12.4 Å². The molecule has 3 rings (SSSR count). The molecule has 19 heavy (non-hydrogen) atoms. The van der Waals surface area contributed by atoms with Crippen LogP contribution in [-0.2, 0) is 12.4 Å². The van der Waals surface area contributed by atoms with Gasteiger partial charge in [0.1, 0.15) is 22.8 Å². The van der Waals surface area contributed by atoms with E-state index in [1.807, 2.05) is 23.6 Å². The summed E-state index contributed by atoms with van der Waals surface area (Å²) in [4.78, 5) is 8.86. The molecule has 0 radical (unpaired) electrons. The van der Waals surface area contributed by atoms with Crippen molar-refractivity contribution < 1.29 is 4.52 Å². The Morgan fingerprint density at radius 3 is 2.95 bits per heavy atom. The monoisotopic (exact) mass is 340 g/mol. The lowest BCUT2D eigenvalue weighted by molar-refractivity contribution is 0.389. The van der Waals surface area contributed by atoms with E-state index >= 15 is 0 Å². The number of hydrogen-bond donors (Lipinski definition) is 0. The highest BCUT2D eigenvalue weighted by molar-refractivity contribution is 9.10. The van der Waals surface area contributed by atoms with Gasteiger partial charge in [-0.2, -0.15) is 0 Å². The Labute approximate surface area is 122 Å². The van der Waals surface area contributed by atoms with Crippen molar-refractivity contribution in [2.45, 2.75) is 19.3 Å². The zero-order valence-corrected chi connectivity index (χ0v) is 12.4. The van der Waals surface area contributed by atoms with Crippen molar-refractivity contribution >= 4 is 38.7 Å². The summed E-state index contributed by atoms with van der Waals surface area (Å²) in [6.07, 6.45) is 1.74. The number of alkyl halides is 1. The highest BCUT2D eigenvalue weighted by atomic mass is 79.9. The molecule has 0 fully saturated rings. The minimum absolute atomic E-state index is 0.324. The molecule has 0 spiro atoms. The molecule has 98 valence electrons. The number of imidazole rings is 1. The standard InChI is InChI=1S/C12H10BrClN4O/c1-7-2-9(17-19-7)6-18-11(4-14)16-10-3-8(13)5-15-12(10)18/h2-3,5H,4,6H2,1H3. The molecule has 0 aliphatic heterocycles. The summed E-state index contributed by atoms with van der Waals surface area (Å²) in [7, 11) is 0. The van der Waals surface area contributed by atoms with Gasteiger partial charge in [-0.05, 0) is 28.9 Å². The second-order valence-electron chi connectivity index (χ2n) is 4.17. The molecule has 0 aliphatic carbocycles. The van der Waals surface area contributed by atoms with Crippen LogP contribution in [0.3, 0.4) is 0 Å². The van der Waals surface area contributed by atoms with Crippen LogP contribution in [0, 0.1) is 6.92 Å². The SMILES string of the molecule is Cc1cc(Cn2c(CCl)nc3cc(Br)cnc32)no1. The van der Waals surface area contributed by atoms with E-state index in [-0.39, 0.29) is 0 Å². The summed E-state index contributed by atoms with van der Waals surface area (Å²) in [6.45, 7) is 2.41. The summed E-state index contributed by atoms with van der Waals surface area (Å²) >= 11 is 9.33. The molecule has 0 aromatic carbocycles. The number of rotatable bonds is 3. The van der Waals surface area contributed by atoms with Crippen LogP contribution in [0.1, 0.15) is 17.3 Å². The maximum atomic E-state index is 5.95. The predicted molar refractivity (Wildman–Crippen MR) is 75.1 cm³/mol. The molecule has 5 nitrogen and oxygen atoms in total. The minimum Gasteiger partial charge on any atom is -0.361 e. The van der Waals surface area contributed by atoms with Gasteiger partial charge in [-0.25, -0.2) is 9.97 Å². The van der Waals surface area contributed by atoms with Gasteiger partial charge in [0.2, 0.25) is 0 Å². The Bertz CT molecular complexity index is 736. The molecule has 3 aromatic heterocycles. The van der Waals surface area contributed by atoms with Crippen LogP contribution in [-0.4, -0.2) is 19.7 Å². The zero-order valence-electron chi connectivity index (χ0n) is 10.1. The van der Waals surface area contributed by atoms with Crippen molar-refractivity contribution in [2.24, 2.45) is 0 Å². The molecule has 3 heterocycles. The lowest BCUT2D eigenvalue weighted by Crippen LogP contribution is -2.04. The van der Waals surface area contributed by atoms with Gasteiger partial charge in [0.25, 0.3) is 0 Å². The molecule has 0 saturated heterocycles. The van der Waals surface area contributed by atoms with E-state index in [2.05, 4.69) is 31.1 Å². The van der Waals surface area contributed by atoms with Crippen LogP contribution < -0.4 is 0 Å². The van der Waals surface area contributed by atoms with Crippen molar-refractivity contribution in [3.8, 4) is 0 Å². The first kappa shape index (κ1) is 12.6. The van der Waals surface area contributed by atoms with Gasteiger partial charge in [-0.3, -0.25) is 0 Å². The Kier molecular flexibility index (Phi) is 3.28. The molecule has 0 N–H and O–H groups in total. The summed E-state index contributed by atoms with van der Waals surface area (Å²) in [5.74, 6) is 1.87. The van der Waals surface area contributed by atoms with Crippen molar-refractivity contribution in [3.63, 3.8) is 0 Å². The quantitative estimate of drug-likeness (QED) is 0.686. The molecule has 0 bridgehead atoms. The summed E-state index contributed by atoms with van der Waals surface area (Å²) in [6, 6.07) is 3.81. The van der Waals surface area contributed by atoms with Crippen LogP contribution in [0.5, 0.6) is 0 Å². The topological polar surface area (TPSA) is 56.7 Å². The number of aromatic nitrogens is 4. The average molecular weight is 342 g/mol. The number of halogens is 2. The first-order valence-electron chi connectivity index (χ1n) is 5.66. The number of hydrogen-bond acceptors (Lipinski definition) is 4. The molecule has 0 saturated carbocycles. The van der Waals surface area contributed by atoms with E-state index in [1.54, 1.807) is 6.20 Å². The lowest BCUT2D eigenvalue weighted by Gasteiger charge is -2.03. The van der Waals surface area contributed by atoms with Gasteiger partial charge < -0.3 is 9.09 Å². The lowest BCUT2D eigenvalue weighted by atomic mass is 10.3. The van der Waals surface area contributed by atoms with E-state index in [1.165, 1.54) is 0 Å². The number of pyridine rings is 1. The van der Waals surface area contributed by atoms with Gasteiger partial charge in [0.15, 0.2) is 5.65 Å². The van der Waals surface area contributed by atoms with Gasteiger partial charge in [0.05, 0.1) is 12.4 Å². The molecule has 3 aromatic rings. The average Bonchev–Trinajstić information content (AvgIpc) is 2.94. The van der Waals surface area contributed by atoms with Crippen LogP contribution in [0.15, 0.2) is 27.3 Å². The fraction of sp³-hybridized carbons (Fsp3) is 0.250. The largest absolute Gasteiger partial charge is 0.361 e. The second-order valence-corrected chi connectivity index (χ2v) is 5.36. The van der Waals surface area contributed by atoms with Gasteiger partial charge in [0, 0.05) is 16.7 Å². The van der Waals surface area contributed by atoms with E-state index in [0.717, 1.165) is 32.9 Å². The predicted octanol–water partition coefficient (Wildman–Crippen LogP) is 3.28. The number of fused-ring (bicyclic) bond motifs is 1. The maximum absolute atomic E-state index is 5.95. The summed E-state index contributed by atoms with van der Waals surface area (Å²) < 4.78 is 7.92. The Morgan fingerprint density at radius 2 is 2.26 bits per heavy atom. The smallest absolute Gasteiger partial charge is 0.160 e. The third-order valence-electron chi connectivity index (χ3n) is 2.75. The summed E-state index contributed by atoms with van der Waals surface area (Å²) in [5, 5.41) is 3.99. The summed E-state index contributed by atoms with van der Waals surface area (Å²) in [5.41, 5.74) is 2.43. The number of nitrogens with zero attached hydrogens (tertiary/aromatic N) is 4. The normalized spacial score (nSPS) is 11.3. The minimum atomic E-state index is 0.324. The molecular formula is C12H10BrClN4O. The van der Waals surface area contributed by atoms with E-state index < -0.39 is 0 Å². The fourth-order valence-electron chi connectivity index (χ4n) is 1.96. The fourth-order valence-corrected chi connectivity index (χ4v) is 2.48. The highest BCUT2D eigenvalue weighted by Gasteiger charge is 2.13. The third-order valence-corrected chi connectivity index (χ3v) is 3.42. The molecule has 0 unspecified atom stereocenters. The highest BCUT2D eigenvalue weighted by Crippen LogP contribution is 2.20. The Hall–Kier alpha value is -1.40. The first-order chi connectivity index (χ1) is 9.17. The van der Waals surface area contributed by atoms with Crippen molar-refractivity contribution in [3.05, 3.63) is 40.1 Å². The number of aryl methyl sites for hydroxylation is 1. The van der Waals surface area contributed by atoms with Crippen LogP contribution in [0.4, 0.5) is 0 Å². The second kappa shape index (κ2) is 4.94. The van der Waals surface area contributed by atoms with Crippen molar-refractivity contribution in [1.29, 1.82) is 0 Å². The van der Waals surface area contributed by atoms with Crippen molar-refractivity contribution in [1.82, 2.24) is 19.7 Å². The molecule has 7 heteroatoms. The van der Waals surface area contributed by atoms with Crippen LogP contribution in [0.25, 0.3) is 11.2 Å². The van der Waals surface area contributed by atoms with Crippen molar-refractivity contribution in [2.75, 3.05) is 0 Å². The first-order valence-corrected chi connectivity index (χ1v) is 6.99. The van der Waals surface area contributed by atoms with Crippen LogP contribution >= 0.6 is 27.5 Å².